The molecule has 0 N–H and O–H groups in total. The van der Waals surface area contributed by atoms with E-state index in [4.69, 9.17) is 4.74 Å². The second-order valence-electron chi connectivity index (χ2n) is 3.98. The molecular weight excluding hydrogens is 200 g/mol. The molecule has 0 bridgehead atoms. The molecule has 0 aliphatic carbocycles. The number of ether oxygens (including phenoxy) is 1. The van der Waals surface area contributed by atoms with Gasteiger partial charge in [0.2, 0.25) is 0 Å². The molecule has 0 saturated heterocycles. The molecule has 1 rings (SSSR count). The van der Waals surface area contributed by atoms with Crippen molar-refractivity contribution in [2.45, 2.75) is 39.5 Å². The molecule has 0 unspecified atom stereocenters. The van der Waals surface area contributed by atoms with E-state index < -0.39 is 0 Å². The van der Waals surface area contributed by atoms with Gasteiger partial charge in [0, 0.05) is 0 Å². The monoisotopic (exact) mass is 220 g/mol. The number of hydrogen-bond acceptors (Lipinski definition) is 2. The molecule has 16 heavy (non-hydrogen) atoms. The van der Waals surface area contributed by atoms with E-state index in [1.807, 2.05) is 12.1 Å². The Morgan fingerprint density at radius 3 is 2.44 bits per heavy atom. The van der Waals surface area contributed by atoms with E-state index in [0.717, 1.165) is 31.2 Å². The van der Waals surface area contributed by atoms with Crippen LogP contribution in [0.25, 0.3) is 0 Å². The molecule has 0 amide bonds. The SMILES string of the molecule is CCCc1ccc(C(=O)OC)c(CCC)c1. The van der Waals surface area contributed by atoms with Crippen LogP contribution in [0.5, 0.6) is 0 Å². The Balaban J connectivity index is 3.03. The molecule has 0 spiro atoms. The quantitative estimate of drug-likeness (QED) is 0.711. The summed E-state index contributed by atoms with van der Waals surface area (Å²) in [6.07, 6.45) is 4.17. The topological polar surface area (TPSA) is 26.3 Å². The fraction of sp³-hybridized carbons (Fsp3) is 0.500. The number of methoxy groups -OCH3 is 1. The Hall–Kier alpha value is -1.31. The van der Waals surface area contributed by atoms with E-state index in [9.17, 15) is 4.79 Å². The van der Waals surface area contributed by atoms with Crippen LogP contribution in [0.4, 0.5) is 0 Å². The third-order valence-corrected chi connectivity index (χ3v) is 2.63. The lowest BCUT2D eigenvalue weighted by Crippen LogP contribution is -2.06. The van der Waals surface area contributed by atoms with Crippen molar-refractivity contribution in [3.05, 3.63) is 34.9 Å². The Morgan fingerprint density at radius 1 is 1.19 bits per heavy atom. The van der Waals surface area contributed by atoms with Crippen LogP contribution in [0, 0.1) is 0 Å². The molecule has 88 valence electrons. The standard InChI is InChI=1S/C14H20O2/c1-4-6-11-8-9-13(14(15)16-3)12(10-11)7-5-2/h8-10H,4-7H2,1-3H3. The molecule has 0 aromatic heterocycles. The van der Waals surface area contributed by atoms with Crippen molar-refractivity contribution in [1.82, 2.24) is 0 Å². The minimum atomic E-state index is -0.230. The first-order valence-electron chi connectivity index (χ1n) is 5.93. The molecular formula is C14H20O2. The number of esters is 1. The van der Waals surface area contributed by atoms with Crippen molar-refractivity contribution < 1.29 is 9.53 Å². The van der Waals surface area contributed by atoms with Crippen LogP contribution in [-0.2, 0) is 17.6 Å². The molecule has 2 heteroatoms. The molecule has 0 saturated carbocycles. The van der Waals surface area contributed by atoms with E-state index in [1.165, 1.54) is 12.7 Å². The molecule has 0 aliphatic rings. The molecule has 0 radical (unpaired) electrons. The zero-order chi connectivity index (χ0) is 12.0. The number of benzene rings is 1. The van der Waals surface area contributed by atoms with Crippen molar-refractivity contribution in [2.75, 3.05) is 7.11 Å². The average Bonchev–Trinajstić information content (AvgIpc) is 2.29. The fourth-order valence-electron chi connectivity index (χ4n) is 1.88. The molecule has 0 aliphatic heterocycles. The lowest BCUT2D eigenvalue weighted by Gasteiger charge is -2.09. The average molecular weight is 220 g/mol. The number of rotatable bonds is 5. The third kappa shape index (κ3) is 3.09. The number of carbonyl (C=O) groups is 1. The molecule has 2 nitrogen and oxygen atoms in total. The highest BCUT2D eigenvalue weighted by atomic mass is 16.5. The Bertz CT molecular complexity index is 356. The van der Waals surface area contributed by atoms with E-state index in [2.05, 4.69) is 19.9 Å². The number of carbonyl (C=O) groups excluding carboxylic acids is 1. The van der Waals surface area contributed by atoms with Gasteiger partial charge in [-0.25, -0.2) is 4.79 Å². The summed E-state index contributed by atoms with van der Waals surface area (Å²) in [7, 11) is 1.43. The van der Waals surface area contributed by atoms with E-state index in [-0.39, 0.29) is 5.97 Å². The normalized spacial score (nSPS) is 10.2. The van der Waals surface area contributed by atoms with E-state index in [0.29, 0.717) is 5.56 Å². The summed E-state index contributed by atoms with van der Waals surface area (Å²) in [6, 6.07) is 6.05. The molecule has 0 heterocycles. The zero-order valence-corrected chi connectivity index (χ0v) is 10.4. The van der Waals surface area contributed by atoms with Crippen LogP contribution in [0.2, 0.25) is 0 Å². The Kier molecular flexibility index (Phi) is 5.03. The van der Waals surface area contributed by atoms with Gasteiger partial charge >= 0.3 is 5.97 Å². The molecule has 1 aromatic rings. The highest BCUT2D eigenvalue weighted by molar-refractivity contribution is 5.91. The summed E-state index contributed by atoms with van der Waals surface area (Å²) in [5.74, 6) is -0.230. The molecule has 0 fully saturated rings. The van der Waals surface area contributed by atoms with Crippen molar-refractivity contribution in [1.29, 1.82) is 0 Å². The van der Waals surface area contributed by atoms with Gasteiger partial charge in [0.05, 0.1) is 12.7 Å². The first-order valence-corrected chi connectivity index (χ1v) is 5.93. The first-order chi connectivity index (χ1) is 7.72. The Labute approximate surface area is 97.6 Å². The van der Waals surface area contributed by atoms with Crippen LogP contribution < -0.4 is 0 Å². The predicted molar refractivity (Wildman–Crippen MR) is 65.8 cm³/mol. The summed E-state index contributed by atoms with van der Waals surface area (Å²) in [5.41, 5.74) is 3.13. The number of aryl methyl sites for hydroxylation is 2. The second kappa shape index (κ2) is 6.31. The van der Waals surface area contributed by atoms with Gasteiger partial charge in [-0.3, -0.25) is 0 Å². The maximum Gasteiger partial charge on any atom is 0.338 e. The maximum atomic E-state index is 11.6. The van der Waals surface area contributed by atoms with Gasteiger partial charge in [0.1, 0.15) is 0 Å². The van der Waals surface area contributed by atoms with Crippen molar-refractivity contribution >= 4 is 5.97 Å². The van der Waals surface area contributed by atoms with Gasteiger partial charge in [0.25, 0.3) is 0 Å². The van der Waals surface area contributed by atoms with Crippen molar-refractivity contribution in [3.63, 3.8) is 0 Å². The van der Waals surface area contributed by atoms with Gasteiger partial charge in [-0.1, -0.05) is 38.8 Å². The van der Waals surface area contributed by atoms with E-state index >= 15 is 0 Å². The number of hydrogen-bond donors (Lipinski definition) is 0. The lowest BCUT2D eigenvalue weighted by atomic mass is 9.98. The van der Waals surface area contributed by atoms with Gasteiger partial charge in [-0.05, 0) is 30.0 Å². The minimum absolute atomic E-state index is 0.230. The van der Waals surface area contributed by atoms with Crippen LogP contribution in [0.1, 0.15) is 48.2 Å². The highest BCUT2D eigenvalue weighted by Crippen LogP contribution is 2.16. The zero-order valence-electron chi connectivity index (χ0n) is 10.4. The van der Waals surface area contributed by atoms with Crippen LogP contribution in [0.3, 0.4) is 0 Å². The summed E-state index contributed by atoms with van der Waals surface area (Å²) in [5, 5.41) is 0. The van der Waals surface area contributed by atoms with Crippen LogP contribution in [0.15, 0.2) is 18.2 Å². The van der Waals surface area contributed by atoms with E-state index in [1.54, 1.807) is 0 Å². The van der Waals surface area contributed by atoms with Gasteiger partial charge in [-0.2, -0.15) is 0 Å². The fourth-order valence-corrected chi connectivity index (χ4v) is 1.88. The summed E-state index contributed by atoms with van der Waals surface area (Å²) < 4.78 is 4.78. The minimum Gasteiger partial charge on any atom is -0.465 e. The molecule has 0 atom stereocenters. The highest BCUT2D eigenvalue weighted by Gasteiger charge is 2.11. The predicted octanol–water partition coefficient (Wildman–Crippen LogP) is 3.38. The van der Waals surface area contributed by atoms with Crippen LogP contribution in [-0.4, -0.2) is 13.1 Å². The first kappa shape index (κ1) is 12.8. The largest absolute Gasteiger partial charge is 0.465 e. The van der Waals surface area contributed by atoms with Crippen LogP contribution >= 0.6 is 0 Å². The third-order valence-electron chi connectivity index (χ3n) is 2.63. The molecule has 1 aromatic carbocycles. The lowest BCUT2D eigenvalue weighted by molar-refractivity contribution is 0.0599. The van der Waals surface area contributed by atoms with Gasteiger partial charge in [-0.15, -0.1) is 0 Å². The maximum absolute atomic E-state index is 11.6. The summed E-state index contributed by atoms with van der Waals surface area (Å²) in [6.45, 7) is 4.28. The van der Waals surface area contributed by atoms with Crippen molar-refractivity contribution in [2.24, 2.45) is 0 Å². The van der Waals surface area contributed by atoms with Crippen molar-refractivity contribution in [3.8, 4) is 0 Å². The van der Waals surface area contributed by atoms with Gasteiger partial charge in [0.15, 0.2) is 0 Å². The second-order valence-corrected chi connectivity index (χ2v) is 3.98. The smallest absolute Gasteiger partial charge is 0.338 e. The Morgan fingerprint density at radius 2 is 1.88 bits per heavy atom. The summed E-state index contributed by atoms with van der Waals surface area (Å²) >= 11 is 0. The summed E-state index contributed by atoms with van der Waals surface area (Å²) in [4.78, 5) is 11.6. The van der Waals surface area contributed by atoms with Gasteiger partial charge < -0.3 is 4.74 Å².